The van der Waals surface area contributed by atoms with E-state index in [9.17, 15) is 4.39 Å². The average Bonchev–Trinajstić information content (AvgIpc) is 2.36. The minimum Gasteiger partial charge on any atom is -0.454 e. The van der Waals surface area contributed by atoms with Gasteiger partial charge in [-0.25, -0.2) is 4.39 Å². The molecule has 0 saturated heterocycles. The minimum atomic E-state index is -0.486. The SMILES string of the molecule is N#C[CH]c1ccc(F)c(Oc2ccc(Cl)cc2)c1. The van der Waals surface area contributed by atoms with Crippen LogP contribution in [0.1, 0.15) is 5.56 Å². The normalized spacial score (nSPS) is 9.83. The number of hydrogen-bond donors (Lipinski definition) is 0. The Balaban J connectivity index is 2.25. The maximum absolute atomic E-state index is 13.5. The van der Waals surface area contributed by atoms with Crippen LogP contribution >= 0.6 is 11.6 Å². The fourth-order valence-electron chi connectivity index (χ4n) is 1.39. The largest absolute Gasteiger partial charge is 0.454 e. The van der Waals surface area contributed by atoms with Crippen LogP contribution in [-0.4, -0.2) is 0 Å². The first kappa shape index (κ1) is 12.4. The smallest absolute Gasteiger partial charge is 0.165 e. The molecule has 2 rings (SSSR count). The van der Waals surface area contributed by atoms with E-state index in [2.05, 4.69) is 0 Å². The Morgan fingerprint density at radius 3 is 2.56 bits per heavy atom. The number of rotatable bonds is 3. The van der Waals surface area contributed by atoms with Crippen molar-refractivity contribution >= 4 is 11.6 Å². The molecule has 0 unspecified atom stereocenters. The van der Waals surface area contributed by atoms with Crippen LogP contribution in [0.25, 0.3) is 0 Å². The van der Waals surface area contributed by atoms with Gasteiger partial charge in [-0.3, -0.25) is 0 Å². The number of halogens is 2. The monoisotopic (exact) mass is 260 g/mol. The lowest BCUT2D eigenvalue weighted by atomic mass is 10.1. The molecule has 2 aromatic carbocycles. The standard InChI is InChI=1S/C14H8ClFNO/c15-11-2-4-12(5-3-11)18-14-9-10(7-8-17)1-6-13(14)16/h1-7,9H. The maximum Gasteiger partial charge on any atom is 0.165 e. The van der Waals surface area contributed by atoms with E-state index in [0.29, 0.717) is 16.3 Å². The summed E-state index contributed by atoms with van der Waals surface area (Å²) in [5.41, 5.74) is 0.586. The number of benzene rings is 2. The van der Waals surface area contributed by atoms with Crippen molar-refractivity contribution < 1.29 is 9.13 Å². The molecule has 1 radical (unpaired) electrons. The molecule has 0 bridgehead atoms. The first-order valence-electron chi connectivity index (χ1n) is 5.15. The molecule has 0 N–H and O–H groups in total. The summed E-state index contributed by atoms with van der Waals surface area (Å²) in [5, 5.41) is 9.12. The van der Waals surface area contributed by atoms with Crippen LogP contribution in [0.3, 0.4) is 0 Å². The zero-order chi connectivity index (χ0) is 13.0. The van der Waals surface area contributed by atoms with Gasteiger partial charge in [-0.05, 0) is 42.0 Å². The van der Waals surface area contributed by atoms with Gasteiger partial charge in [0.15, 0.2) is 11.6 Å². The van der Waals surface area contributed by atoms with Crippen molar-refractivity contribution in [3.8, 4) is 17.6 Å². The highest BCUT2D eigenvalue weighted by Gasteiger charge is 2.06. The molecule has 2 aromatic rings. The second-order valence-electron chi connectivity index (χ2n) is 3.52. The number of nitriles is 1. The highest BCUT2D eigenvalue weighted by Crippen LogP contribution is 2.26. The molecule has 89 valence electrons. The Morgan fingerprint density at radius 2 is 1.89 bits per heavy atom. The zero-order valence-electron chi connectivity index (χ0n) is 9.23. The highest BCUT2D eigenvalue weighted by atomic mass is 35.5. The number of ether oxygens (including phenoxy) is 1. The van der Waals surface area contributed by atoms with Gasteiger partial charge in [-0.1, -0.05) is 17.7 Å². The van der Waals surface area contributed by atoms with Gasteiger partial charge in [0, 0.05) is 5.02 Å². The van der Waals surface area contributed by atoms with E-state index in [0.717, 1.165) is 0 Å². The molecule has 4 heteroatoms. The van der Waals surface area contributed by atoms with E-state index in [1.54, 1.807) is 24.3 Å². The third-order valence-electron chi connectivity index (χ3n) is 2.23. The molecule has 0 aliphatic carbocycles. The summed E-state index contributed by atoms with van der Waals surface area (Å²) in [6.07, 6.45) is 1.31. The lowest BCUT2D eigenvalue weighted by Gasteiger charge is -2.07. The van der Waals surface area contributed by atoms with E-state index >= 15 is 0 Å². The topological polar surface area (TPSA) is 33.0 Å². The van der Waals surface area contributed by atoms with Gasteiger partial charge in [0.05, 0.1) is 12.5 Å². The van der Waals surface area contributed by atoms with Crippen molar-refractivity contribution in [3.63, 3.8) is 0 Å². The molecule has 0 spiro atoms. The van der Waals surface area contributed by atoms with Crippen molar-refractivity contribution in [1.82, 2.24) is 0 Å². The quantitative estimate of drug-likeness (QED) is 0.822. The van der Waals surface area contributed by atoms with Crippen LogP contribution in [0.4, 0.5) is 4.39 Å². The predicted octanol–water partition coefficient (Wildman–Crippen LogP) is 4.35. The Kier molecular flexibility index (Phi) is 3.81. The van der Waals surface area contributed by atoms with Crippen molar-refractivity contribution in [2.24, 2.45) is 0 Å². The third-order valence-corrected chi connectivity index (χ3v) is 2.48. The van der Waals surface area contributed by atoms with Crippen molar-refractivity contribution in [1.29, 1.82) is 5.26 Å². The van der Waals surface area contributed by atoms with E-state index in [1.807, 2.05) is 6.07 Å². The Bertz CT molecular complexity index is 590. The number of hydrogen-bond acceptors (Lipinski definition) is 2. The van der Waals surface area contributed by atoms with Gasteiger partial charge >= 0.3 is 0 Å². The van der Waals surface area contributed by atoms with E-state index in [-0.39, 0.29) is 5.75 Å². The van der Waals surface area contributed by atoms with Crippen LogP contribution in [-0.2, 0) is 0 Å². The molecule has 0 saturated carbocycles. The molecular formula is C14H8ClFNO. The van der Waals surface area contributed by atoms with Crippen LogP contribution in [0.5, 0.6) is 11.5 Å². The van der Waals surface area contributed by atoms with Gasteiger partial charge in [0.2, 0.25) is 0 Å². The van der Waals surface area contributed by atoms with Gasteiger partial charge in [-0.15, -0.1) is 0 Å². The van der Waals surface area contributed by atoms with Gasteiger partial charge < -0.3 is 4.74 Å². The van der Waals surface area contributed by atoms with Crippen LogP contribution in [0.15, 0.2) is 42.5 Å². The first-order valence-corrected chi connectivity index (χ1v) is 5.52. The first-order chi connectivity index (χ1) is 8.69. The summed E-state index contributed by atoms with van der Waals surface area (Å²) < 4.78 is 18.9. The molecule has 0 aliphatic rings. The molecule has 2 nitrogen and oxygen atoms in total. The minimum absolute atomic E-state index is 0.0707. The summed E-state index contributed by atoms with van der Waals surface area (Å²) in [6, 6.07) is 12.7. The van der Waals surface area contributed by atoms with E-state index < -0.39 is 5.82 Å². The summed E-state index contributed by atoms with van der Waals surface area (Å²) in [4.78, 5) is 0. The summed E-state index contributed by atoms with van der Waals surface area (Å²) in [5.74, 6) is 0.0637. The molecule has 0 atom stereocenters. The average molecular weight is 261 g/mol. The summed E-state index contributed by atoms with van der Waals surface area (Å²) >= 11 is 5.74. The molecule has 0 fully saturated rings. The fraction of sp³-hybridized carbons (Fsp3) is 0. The molecule has 0 heterocycles. The molecule has 0 aliphatic heterocycles. The predicted molar refractivity (Wildman–Crippen MR) is 66.9 cm³/mol. The van der Waals surface area contributed by atoms with Crippen molar-refractivity contribution in [2.75, 3.05) is 0 Å². The van der Waals surface area contributed by atoms with Crippen LogP contribution < -0.4 is 4.74 Å². The molecule has 0 aromatic heterocycles. The highest BCUT2D eigenvalue weighted by molar-refractivity contribution is 6.30. The Hall–Kier alpha value is -2.05. The Labute approximate surface area is 109 Å². The second kappa shape index (κ2) is 5.52. The summed E-state index contributed by atoms with van der Waals surface area (Å²) in [6.45, 7) is 0. The summed E-state index contributed by atoms with van der Waals surface area (Å²) in [7, 11) is 0. The Morgan fingerprint density at radius 1 is 1.17 bits per heavy atom. The van der Waals surface area contributed by atoms with Crippen molar-refractivity contribution in [3.05, 3.63) is 65.3 Å². The fourth-order valence-corrected chi connectivity index (χ4v) is 1.52. The maximum atomic E-state index is 13.5. The molecular weight excluding hydrogens is 253 g/mol. The lowest BCUT2D eigenvalue weighted by Crippen LogP contribution is -1.90. The van der Waals surface area contributed by atoms with Gasteiger partial charge in [0.1, 0.15) is 5.75 Å². The van der Waals surface area contributed by atoms with Gasteiger partial charge in [0.25, 0.3) is 0 Å². The molecule has 0 amide bonds. The van der Waals surface area contributed by atoms with E-state index in [4.69, 9.17) is 21.6 Å². The second-order valence-corrected chi connectivity index (χ2v) is 3.96. The molecule has 18 heavy (non-hydrogen) atoms. The van der Waals surface area contributed by atoms with Crippen LogP contribution in [0.2, 0.25) is 5.02 Å². The van der Waals surface area contributed by atoms with E-state index in [1.165, 1.54) is 24.6 Å². The zero-order valence-corrected chi connectivity index (χ0v) is 9.99. The number of nitrogens with zero attached hydrogens (tertiary/aromatic N) is 1. The van der Waals surface area contributed by atoms with Crippen molar-refractivity contribution in [2.45, 2.75) is 0 Å². The third kappa shape index (κ3) is 2.99. The lowest BCUT2D eigenvalue weighted by molar-refractivity contribution is 0.442. The van der Waals surface area contributed by atoms with Gasteiger partial charge in [-0.2, -0.15) is 5.26 Å². The van der Waals surface area contributed by atoms with Crippen LogP contribution in [0, 0.1) is 23.6 Å².